The molecule has 0 saturated heterocycles. The average molecular weight is 309 g/mol. The summed E-state index contributed by atoms with van der Waals surface area (Å²) >= 11 is 5.72. The van der Waals surface area contributed by atoms with Crippen molar-refractivity contribution in [3.8, 4) is 11.5 Å². The van der Waals surface area contributed by atoms with Crippen LogP contribution in [-0.2, 0) is 0 Å². The summed E-state index contributed by atoms with van der Waals surface area (Å²) in [5.41, 5.74) is 0.919. The summed E-state index contributed by atoms with van der Waals surface area (Å²) in [4.78, 5) is 4.34. The van der Waals surface area contributed by atoms with Gasteiger partial charge in [0.25, 0.3) is 0 Å². The molecule has 1 aromatic heterocycles. The summed E-state index contributed by atoms with van der Waals surface area (Å²) in [5, 5.41) is 3.39. The van der Waals surface area contributed by atoms with Crippen molar-refractivity contribution in [1.29, 1.82) is 0 Å². The standard InChI is InChI=1S/C16H18ClFN2O/c1-3-9-19-11(2)14-8-7-12(10-20-14)21-15-6-4-5-13(17)16(15)18/h4-8,10-11,19H,3,9H2,1-2H3. The molecule has 0 bridgehead atoms. The van der Waals surface area contributed by atoms with E-state index in [1.807, 2.05) is 6.07 Å². The Labute approximate surface area is 129 Å². The van der Waals surface area contributed by atoms with Crippen molar-refractivity contribution in [3.05, 3.63) is 53.1 Å². The van der Waals surface area contributed by atoms with Crippen molar-refractivity contribution < 1.29 is 9.13 Å². The molecule has 0 spiro atoms. The Balaban J connectivity index is 2.07. The minimum absolute atomic E-state index is 0.0365. The Kier molecular flexibility index (Phi) is 5.53. The fourth-order valence-electron chi connectivity index (χ4n) is 1.86. The quantitative estimate of drug-likeness (QED) is 0.838. The van der Waals surface area contributed by atoms with Crippen LogP contribution in [0.15, 0.2) is 36.5 Å². The minimum atomic E-state index is -0.568. The van der Waals surface area contributed by atoms with Gasteiger partial charge in [-0.2, -0.15) is 0 Å². The highest BCUT2D eigenvalue weighted by atomic mass is 35.5. The molecule has 0 aliphatic carbocycles. The summed E-state index contributed by atoms with van der Waals surface area (Å²) < 4.78 is 19.2. The number of aromatic nitrogens is 1. The fraction of sp³-hybridized carbons (Fsp3) is 0.312. The van der Waals surface area contributed by atoms with E-state index in [1.54, 1.807) is 18.3 Å². The van der Waals surface area contributed by atoms with Crippen LogP contribution in [0.2, 0.25) is 5.02 Å². The highest BCUT2D eigenvalue weighted by molar-refractivity contribution is 6.30. The number of benzene rings is 1. The van der Waals surface area contributed by atoms with Crippen LogP contribution in [0, 0.1) is 5.82 Å². The van der Waals surface area contributed by atoms with Gasteiger partial charge in [0.15, 0.2) is 11.6 Å². The van der Waals surface area contributed by atoms with E-state index in [9.17, 15) is 4.39 Å². The summed E-state index contributed by atoms with van der Waals surface area (Å²) in [6, 6.07) is 8.45. The first kappa shape index (κ1) is 15.7. The normalized spacial score (nSPS) is 12.2. The van der Waals surface area contributed by atoms with E-state index >= 15 is 0 Å². The van der Waals surface area contributed by atoms with Gasteiger partial charge in [-0.05, 0) is 44.2 Å². The molecule has 3 nitrogen and oxygen atoms in total. The van der Waals surface area contributed by atoms with Gasteiger partial charge in [-0.25, -0.2) is 4.39 Å². The summed E-state index contributed by atoms with van der Waals surface area (Å²) in [5.74, 6) is -0.00182. The molecule has 5 heteroatoms. The van der Waals surface area contributed by atoms with Crippen molar-refractivity contribution in [2.45, 2.75) is 26.3 Å². The Morgan fingerprint density at radius 1 is 1.33 bits per heavy atom. The lowest BCUT2D eigenvalue weighted by molar-refractivity contribution is 0.439. The third kappa shape index (κ3) is 4.16. The molecule has 0 radical (unpaired) electrons. The van der Waals surface area contributed by atoms with Crippen molar-refractivity contribution in [2.24, 2.45) is 0 Å². The van der Waals surface area contributed by atoms with Crippen LogP contribution >= 0.6 is 11.6 Å². The Bertz CT molecular complexity index is 589. The van der Waals surface area contributed by atoms with Crippen molar-refractivity contribution >= 4 is 11.6 Å². The molecule has 1 atom stereocenters. The van der Waals surface area contributed by atoms with E-state index in [4.69, 9.17) is 16.3 Å². The lowest BCUT2D eigenvalue weighted by Gasteiger charge is -2.13. The first-order valence-electron chi connectivity index (χ1n) is 6.93. The van der Waals surface area contributed by atoms with Crippen LogP contribution in [0.4, 0.5) is 4.39 Å². The van der Waals surface area contributed by atoms with Gasteiger partial charge >= 0.3 is 0 Å². The third-order valence-corrected chi connectivity index (χ3v) is 3.34. The number of nitrogens with one attached hydrogen (secondary N) is 1. The lowest BCUT2D eigenvalue weighted by atomic mass is 10.2. The lowest BCUT2D eigenvalue weighted by Crippen LogP contribution is -2.20. The van der Waals surface area contributed by atoms with Crippen molar-refractivity contribution in [3.63, 3.8) is 0 Å². The molecule has 2 aromatic rings. The number of pyridine rings is 1. The molecule has 112 valence electrons. The van der Waals surface area contributed by atoms with Gasteiger partial charge in [-0.1, -0.05) is 24.6 Å². The van der Waals surface area contributed by atoms with Gasteiger partial charge in [0.2, 0.25) is 0 Å². The van der Waals surface area contributed by atoms with Crippen LogP contribution in [0.25, 0.3) is 0 Å². The van der Waals surface area contributed by atoms with E-state index in [0.29, 0.717) is 5.75 Å². The molecular weight excluding hydrogens is 291 g/mol. The zero-order valence-corrected chi connectivity index (χ0v) is 12.8. The first-order valence-corrected chi connectivity index (χ1v) is 7.30. The second-order valence-corrected chi connectivity index (χ2v) is 5.16. The molecule has 1 unspecified atom stereocenters. The van der Waals surface area contributed by atoms with Crippen LogP contribution in [-0.4, -0.2) is 11.5 Å². The monoisotopic (exact) mass is 308 g/mol. The van der Waals surface area contributed by atoms with E-state index < -0.39 is 5.82 Å². The number of hydrogen-bond donors (Lipinski definition) is 1. The molecule has 1 heterocycles. The SMILES string of the molecule is CCCNC(C)c1ccc(Oc2cccc(Cl)c2F)cn1. The fourth-order valence-corrected chi connectivity index (χ4v) is 2.03. The van der Waals surface area contributed by atoms with E-state index in [2.05, 4.69) is 24.1 Å². The zero-order chi connectivity index (χ0) is 15.2. The number of ether oxygens (including phenoxy) is 1. The summed E-state index contributed by atoms with van der Waals surface area (Å²) in [6.07, 6.45) is 2.65. The predicted octanol–water partition coefficient (Wildman–Crippen LogP) is 4.73. The van der Waals surface area contributed by atoms with Crippen molar-refractivity contribution in [1.82, 2.24) is 10.3 Å². The molecule has 21 heavy (non-hydrogen) atoms. The molecule has 0 aliphatic rings. The number of nitrogens with zero attached hydrogens (tertiary/aromatic N) is 1. The maximum atomic E-state index is 13.7. The van der Waals surface area contributed by atoms with E-state index in [1.165, 1.54) is 12.1 Å². The molecular formula is C16H18ClFN2O. The first-order chi connectivity index (χ1) is 10.1. The molecule has 0 amide bonds. The molecule has 2 rings (SSSR count). The third-order valence-electron chi connectivity index (χ3n) is 3.05. The van der Waals surface area contributed by atoms with Gasteiger partial charge in [0.1, 0.15) is 5.75 Å². The predicted molar refractivity (Wildman–Crippen MR) is 82.4 cm³/mol. The van der Waals surface area contributed by atoms with Crippen LogP contribution in [0.5, 0.6) is 11.5 Å². The van der Waals surface area contributed by atoms with Gasteiger partial charge in [-0.3, -0.25) is 4.98 Å². The van der Waals surface area contributed by atoms with E-state index in [0.717, 1.165) is 18.7 Å². The highest BCUT2D eigenvalue weighted by Crippen LogP contribution is 2.28. The smallest absolute Gasteiger partial charge is 0.184 e. The number of hydrogen-bond acceptors (Lipinski definition) is 3. The largest absolute Gasteiger partial charge is 0.453 e. The second kappa shape index (κ2) is 7.38. The van der Waals surface area contributed by atoms with Crippen LogP contribution in [0.3, 0.4) is 0 Å². The molecule has 1 aromatic carbocycles. The number of halogens is 2. The Hall–Kier alpha value is -1.65. The second-order valence-electron chi connectivity index (χ2n) is 4.75. The average Bonchev–Trinajstić information content (AvgIpc) is 2.50. The van der Waals surface area contributed by atoms with Crippen molar-refractivity contribution in [2.75, 3.05) is 6.54 Å². The number of rotatable bonds is 6. The van der Waals surface area contributed by atoms with Gasteiger partial charge in [-0.15, -0.1) is 0 Å². The maximum absolute atomic E-state index is 13.7. The minimum Gasteiger partial charge on any atom is -0.453 e. The maximum Gasteiger partial charge on any atom is 0.184 e. The molecule has 0 saturated carbocycles. The van der Waals surface area contributed by atoms with Gasteiger partial charge in [0.05, 0.1) is 16.9 Å². The zero-order valence-electron chi connectivity index (χ0n) is 12.1. The van der Waals surface area contributed by atoms with Crippen LogP contribution < -0.4 is 10.1 Å². The van der Waals surface area contributed by atoms with Gasteiger partial charge in [0, 0.05) is 6.04 Å². The van der Waals surface area contributed by atoms with E-state index in [-0.39, 0.29) is 16.8 Å². The van der Waals surface area contributed by atoms with Crippen LogP contribution in [0.1, 0.15) is 32.0 Å². The van der Waals surface area contributed by atoms with Gasteiger partial charge < -0.3 is 10.1 Å². The Morgan fingerprint density at radius 3 is 2.81 bits per heavy atom. The summed E-state index contributed by atoms with van der Waals surface area (Å²) in [6.45, 7) is 5.10. The summed E-state index contributed by atoms with van der Waals surface area (Å²) in [7, 11) is 0. The molecule has 0 fully saturated rings. The topological polar surface area (TPSA) is 34.1 Å². The molecule has 1 N–H and O–H groups in total. The highest BCUT2D eigenvalue weighted by Gasteiger charge is 2.10. The Morgan fingerprint density at radius 2 is 2.14 bits per heavy atom. The molecule has 0 aliphatic heterocycles.